The standard InChI is InChI=1S/C15H20ClNO/c16-12-4-5-15(18-13-2-1-3-13)14(10-12)11-6-8-17-9-7-11/h4-5,10-11,13,17H,1-3,6-9H2. The highest BCUT2D eigenvalue weighted by atomic mass is 35.5. The molecule has 0 aromatic heterocycles. The van der Waals surface area contributed by atoms with Gasteiger partial charge in [0.2, 0.25) is 0 Å². The second-order valence-corrected chi connectivity index (χ2v) is 5.81. The summed E-state index contributed by atoms with van der Waals surface area (Å²) in [6.07, 6.45) is 6.51. The largest absolute Gasteiger partial charge is 0.490 e. The Labute approximate surface area is 114 Å². The molecule has 0 bridgehead atoms. The normalized spacial score (nSPS) is 21.6. The molecule has 0 atom stereocenters. The second-order valence-electron chi connectivity index (χ2n) is 5.38. The summed E-state index contributed by atoms with van der Waals surface area (Å²) in [5, 5.41) is 4.23. The van der Waals surface area contributed by atoms with Crippen molar-refractivity contribution in [3.63, 3.8) is 0 Å². The molecule has 1 heterocycles. The van der Waals surface area contributed by atoms with E-state index < -0.39 is 0 Å². The maximum Gasteiger partial charge on any atom is 0.123 e. The Morgan fingerprint density at radius 1 is 1.11 bits per heavy atom. The van der Waals surface area contributed by atoms with Gasteiger partial charge >= 0.3 is 0 Å². The van der Waals surface area contributed by atoms with Crippen molar-refractivity contribution in [3.8, 4) is 5.75 Å². The van der Waals surface area contributed by atoms with Crippen LogP contribution in [0.5, 0.6) is 5.75 Å². The third-order valence-corrected chi connectivity index (χ3v) is 4.33. The number of piperidine rings is 1. The fraction of sp³-hybridized carbons (Fsp3) is 0.600. The molecule has 0 spiro atoms. The molecular formula is C15H20ClNO. The molecule has 3 heteroatoms. The SMILES string of the molecule is Clc1ccc(OC2CCC2)c(C2CCNCC2)c1. The topological polar surface area (TPSA) is 21.3 Å². The van der Waals surface area contributed by atoms with Crippen LogP contribution in [0.15, 0.2) is 18.2 Å². The van der Waals surface area contributed by atoms with Gasteiger partial charge in [-0.3, -0.25) is 0 Å². The minimum Gasteiger partial charge on any atom is -0.490 e. The maximum atomic E-state index is 6.15. The summed E-state index contributed by atoms with van der Waals surface area (Å²) in [5.74, 6) is 1.66. The van der Waals surface area contributed by atoms with Gasteiger partial charge in [0.1, 0.15) is 5.75 Å². The Morgan fingerprint density at radius 2 is 1.89 bits per heavy atom. The van der Waals surface area contributed by atoms with E-state index in [0.29, 0.717) is 12.0 Å². The van der Waals surface area contributed by atoms with Crippen LogP contribution in [-0.2, 0) is 0 Å². The highest BCUT2D eigenvalue weighted by Crippen LogP contribution is 2.36. The number of hydrogen-bond acceptors (Lipinski definition) is 2. The molecule has 18 heavy (non-hydrogen) atoms. The molecule has 1 saturated heterocycles. The first-order valence-electron chi connectivity index (χ1n) is 7.00. The van der Waals surface area contributed by atoms with E-state index in [1.54, 1.807) is 0 Å². The summed E-state index contributed by atoms with van der Waals surface area (Å²) < 4.78 is 6.11. The molecule has 1 aromatic rings. The van der Waals surface area contributed by atoms with Crippen LogP contribution in [0.4, 0.5) is 0 Å². The number of rotatable bonds is 3. The van der Waals surface area contributed by atoms with Gasteiger partial charge in [0.25, 0.3) is 0 Å². The van der Waals surface area contributed by atoms with E-state index in [0.717, 1.165) is 23.9 Å². The first-order chi connectivity index (χ1) is 8.83. The number of hydrogen-bond donors (Lipinski definition) is 1. The van der Waals surface area contributed by atoms with Crippen molar-refractivity contribution >= 4 is 11.6 Å². The van der Waals surface area contributed by atoms with Crippen LogP contribution in [0, 0.1) is 0 Å². The molecule has 2 fully saturated rings. The molecule has 1 N–H and O–H groups in total. The van der Waals surface area contributed by atoms with E-state index in [1.165, 1.54) is 37.7 Å². The van der Waals surface area contributed by atoms with E-state index in [1.807, 2.05) is 6.07 Å². The van der Waals surface area contributed by atoms with Gasteiger partial charge in [-0.15, -0.1) is 0 Å². The zero-order chi connectivity index (χ0) is 12.4. The first-order valence-corrected chi connectivity index (χ1v) is 7.37. The van der Waals surface area contributed by atoms with Crippen LogP contribution in [0.3, 0.4) is 0 Å². The lowest BCUT2D eigenvalue weighted by Gasteiger charge is -2.30. The Balaban J connectivity index is 1.81. The van der Waals surface area contributed by atoms with Crippen LogP contribution in [0.2, 0.25) is 5.02 Å². The maximum absolute atomic E-state index is 6.15. The van der Waals surface area contributed by atoms with Gasteiger partial charge in [-0.25, -0.2) is 0 Å². The summed E-state index contributed by atoms with van der Waals surface area (Å²) >= 11 is 6.15. The molecule has 3 rings (SSSR count). The highest BCUT2D eigenvalue weighted by molar-refractivity contribution is 6.30. The quantitative estimate of drug-likeness (QED) is 0.899. The van der Waals surface area contributed by atoms with Gasteiger partial charge < -0.3 is 10.1 Å². The van der Waals surface area contributed by atoms with E-state index in [9.17, 15) is 0 Å². The van der Waals surface area contributed by atoms with Crippen LogP contribution in [-0.4, -0.2) is 19.2 Å². The summed E-state index contributed by atoms with van der Waals surface area (Å²) in [6.45, 7) is 2.19. The Morgan fingerprint density at radius 3 is 2.56 bits per heavy atom. The van der Waals surface area contributed by atoms with Crippen molar-refractivity contribution in [2.24, 2.45) is 0 Å². The van der Waals surface area contributed by atoms with Gasteiger partial charge in [-0.05, 0) is 74.9 Å². The van der Waals surface area contributed by atoms with Crippen LogP contribution >= 0.6 is 11.6 Å². The van der Waals surface area contributed by atoms with Crippen molar-refractivity contribution in [3.05, 3.63) is 28.8 Å². The zero-order valence-corrected chi connectivity index (χ0v) is 11.4. The van der Waals surface area contributed by atoms with E-state index in [4.69, 9.17) is 16.3 Å². The molecule has 1 aliphatic heterocycles. The van der Waals surface area contributed by atoms with E-state index >= 15 is 0 Å². The molecule has 98 valence electrons. The molecule has 1 aliphatic carbocycles. The van der Waals surface area contributed by atoms with Crippen molar-refractivity contribution < 1.29 is 4.74 Å². The minimum atomic E-state index is 0.437. The first kappa shape index (κ1) is 12.3. The average Bonchev–Trinajstić information content (AvgIpc) is 2.36. The molecule has 1 saturated carbocycles. The smallest absolute Gasteiger partial charge is 0.123 e. The fourth-order valence-electron chi connectivity index (χ4n) is 2.75. The predicted molar refractivity (Wildman–Crippen MR) is 74.6 cm³/mol. The van der Waals surface area contributed by atoms with Crippen LogP contribution < -0.4 is 10.1 Å². The van der Waals surface area contributed by atoms with E-state index in [-0.39, 0.29) is 0 Å². The highest BCUT2D eigenvalue weighted by Gasteiger charge is 2.24. The molecule has 0 radical (unpaired) electrons. The summed E-state index contributed by atoms with van der Waals surface area (Å²) in [6, 6.07) is 6.10. The molecule has 2 nitrogen and oxygen atoms in total. The number of nitrogens with one attached hydrogen (secondary N) is 1. The third kappa shape index (κ3) is 2.65. The average molecular weight is 266 g/mol. The van der Waals surface area contributed by atoms with Gasteiger partial charge in [0.05, 0.1) is 6.10 Å². The molecule has 0 unspecified atom stereocenters. The van der Waals surface area contributed by atoms with Crippen molar-refractivity contribution in [1.82, 2.24) is 5.32 Å². The lowest BCUT2D eigenvalue weighted by atomic mass is 9.89. The summed E-state index contributed by atoms with van der Waals surface area (Å²) in [7, 11) is 0. The van der Waals surface area contributed by atoms with Crippen molar-refractivity contribution in [1.29, 1.82) is 0 Å². The zero-order valence-electron chi connectivity index (χ0n) is 10.6. The third-order valence-electron chi connectivity index (χ3n) is 4.10. The predicted octanol–water partition coefficient (Wildman–Crippen LogP) is 3.74. The van der Waals surface area contributed by atoms with Gasteiger partial charge in [-0.1, -0.05) is 11.6 Å². The molecule has 2 aliphatic rings. The van der Waals surface area contributed by atoms with Crippen molar-refractivity contribution in [2.75, 3.05) is 13.1 Å². The summed E-state index contributed by atoms with van der Waals surface area (Å²) in [5.41, 5.74) is 1.32. The number of benzene rings is 1. The summed E-state index contributed by atoms with van der Waals surface area (Å²) in [4.78, 5) is 0. The Kier molecular flexibility index (Phi) is 3.76. The number of halogens is 1. The van der Waals surface area contributed by atoms with Gasteiger partial charge in [0, 0.05) is 5.02 Å². The van der Waals surface area contributed by atoms with Gasteiger partial charge in [0.15, 0.2) is 0 Å². The van der Waals surface area contributed by atoms with Gasteiger partial charge in [-0.2, -0.15) is 0 Å². The van der Waals surface area contributed by atoms with E-state index in [2.05, 4.69) is 17.4 Å². The van der Waals surface area contributed by atoms with Crippen LogP contribution in [0.1, 0.15) is 43.6 Å². The monoisotopic (exact) mass is 265 g/mol. The second kappa shape index (κ2) is 5.50. The fourth-order valence-corrected chi connectivity index (χ4v) is 2.93. The molecular weight excluding hydrogens is 246 g/mol. The molecule has 1 aromatic carbocycles. The molecule has 0 amide bonds. The minimum absolute atomic E-state index is 0.437. The Hall–Kier alpha value is -0.730. The lowest BCUT2D eigenvalue weighted by Crippen LogP contribution is -2.28. The van der Waals surface area contributed by atoms with Crippen LogP contribution in [0.25, 0.3) is 0 Å². The Bertz CT molecular complexity index is 411. The number of ether oxygens (including phenoxy) is 1. The van der Waals surface area contributed by atoms with Crippen molar-refractivity contribution in [2.45, 2.75) is 44.1 Å². The lowest BCUT2D eigenvalue weighted by molar-refractivity contribution is 0.118.